The van der Waals surface area contributed by atoms with E-state index in [1.165, 1.54) is 0 Å². The molecule has 0 fully saturated rings. The number of imidazole rings is 1. The highest BCUT2D eigenvalue weighted by atomic mass is 79.9. The van der Waals surface area contributed by atoms with Gasteiger partial charge in [-0.15, -0.1) is 0 Å². The molecule has 0 saturated heterocycles. The monoisotopic (exact) mass is 407 g/mol. The van der Waals surface area contributed by atoms with E-state index < -0.39 is 10.0 Å². The Hall–Kier alpha value is -0.700. The highest BCUT2D eigenvalue weighted by Gasteiger charge is 2.17. The number of hydrogen-bond acceptors (Lipinski definition) is 3. The van der Waals surface area contributed by atoms with Gasteiger partial charge in [0.05, 0.1) is 11.2 Å². The zero-order valence-corrected chi connectivity index (χ0v) is 13.7. The number of sulfonamides is 1. The van der Waals surface area contributed by atoms with Crippen LogP contribution in [0.2, 0.25) is 0 Å². The van der Waals surface area contributed by atoms with Crippen LogP contribution in [-0.4, -0.2) is 24.9 Å². The molecule has 0 unspecified atom stereocenters. The first kappa shape index (κ1) is 14.7. The predicted molar refractivity (Wildman–Crippen MR) is 79.3 cm³/mol. The smallest absolute Gasteiger partial charge is 0.241 e. The van der Waals surface area contributed by atoms with E-state index in [0.29, 0.717) is 21.9 Å². The number of aromatic amines is 1. The Bertz CT molecular complexity index is 657. The summed E-state index contributed by atoms with van der Waals surface area (Å²) in [7, 11) is -3.53. The van der Waals surface area contributed by atoms with Crippen LogP contribution in [0.25, 0.3) is 0 Å². The molecule has 0 saturated carbocycles. The van der Waals surface area contributed by atoms with Gasteiger partial charge in [-0.2, -0.15) is 0 Å². The van der Waals surface area contributed by atoms with Crippen LogP contribution < -0.4 is 4.72 Å². The van der Waals surface area contributed by atoms with Crippen LogP contribution in [0.4, 0.5) is 0 Å². The fraction of sp³-hybridized carbons (Fsp3) is 0.182. The second kappa shape index (κ2) is 6.17. The van der Waals surface area contributed by atoms with Gasteiger partial charge in [-0.25, -0.2) is 18.1 Å². The summed E-state index contributed by atoms with van der Waals surface area (Å²) >= 11 is 6.50. The molecule has 5 nitrogen and oxygen atoms in total. The van der Waals surface area contributed by atoms with Gasteiger partial charge in [-0.05, 0) is 34.1 Å². The van der Waals surface area contributed by atoms with Crippen molar-refractivity contribution in [2.45, 2.75) is 11.3 Å². The van der Waals surface area contributed by atoms with Gasteiger partial charge >= 0.3 is 0 Å². The molecule has 0 atom stereocenters. The maximum Gasteiger partial charge on any atom is 0.241 e. The van der Waals surface area contributed by atoms with Gasteiger partial charge in [-0.3, -0.25) is 0 Å². The Kier molecular flexibility index (Phi) is 4.77. The lowest BCUT2D eigenvalue weighted by Crippen LogP contribution is -2.26. The normalized spacial score (nSPS) is 11.7. The van der Waals surface area contributed by atoms with Gasteiger partial charge in [0, 0.05) is 33.8 Å². The summed E-state index contributed by atoms with van der Waals surface area (Å²) in [6.45, 7) is 0.309. The first-order valence-electron chi connectivity index (χ1n) is 5.41. The van der Waals surface area contributed by atoms with E-state index in [2.05, 4.69) is 46.5 Å². The van der Waals surface area contributed by atoms with Crippen molar-refractivity contribution in [1.82, 2.24) is 14.7 Å². The van der Waals surface area contributed by atoms with E-state index in [4.69, 9.17) is 0 Å². The van der Waals surface area contributed by atoms with Crippen LogP contribution in [0.15, 0.2) is 44.6 Å². The molecule has 0 bridgehead atoms. The predicted octanol–water partition coefficient (Wildman–Crippen LogP) is 2.46. The molecule has 1 aromatic heterocycles. The summed E-state index contributed by atoms with van der Waals surface area (Å²) in [5.41, 5.74) is 0.885. The van der Waals surface area contributed by atoms with E-state index in [-0.39, 0.29) is 4.90 Å². The highest BCUT2D eigenvalue weighted by molar-refractivity contribution is 9.11. The lowest BCUT2D eigenvalue weighted by Gasteiger charge is -2.08. The molecule has 0 radical (unpaired) electrons. The first-order chi connectivity index (χ1) is 8.99. The molecular formula is C11H11Br2N3O2S. The number of nitrogens with zero attached hydrogens (tertiary/aromatic N) is 1. The third-order valence-electron chi connectivity index (χ3n) is 2.42. The quantitative estimate of drug-likeness (QED) is 0.797. The van der Waals surface area contributed by atoms with E-state index >= 15 is 0 Å². The molecule has 0 aliphatic rings. The van der Waals surface area contributed by atoms with Gasteiger partial charge < -0.3 is 4.98 Å². The minimum absolute atomic E-state index is 0.214. The molecule has 102 valence electrons. The Morgan fingerprint density at radius 3 is 2.79 bits per heavy atom. The molecule has 19 heavy (non-hydrogen) atoms. The topological polar surface area (TPSA) is 74.8 Å². The Morgan fingerprint density at radius 1 is 1.32 bits per heavy atom. The largest absolute Gasteiger partial charge is 0.348 e. The molecule has 2 rings (SSSR count). The highest BCUT2D eigenvalue weighted by Crippen LogP contribution is 2.25. The average molecular weight is 409 g/mol. The van der Waals surface area contributed by atoms with Gasteiger partial charge in [0.1, 0.15) is 0 Å². The summed E-state index contributed by atoms with van der Waals surface area (Å²) < 4.78 is 28.1. The number of hydrogen-bond donors (Lipinski definition) is 2. The summed E-state index contributed by atoms with van der Waals surface area (Å²) in [4.78, 5) is 7.01. The average Bonchev–Trinajstić information content (AvgIpc) is 2.85. The third kappa shape index (κ3) is 3.88. The summed E-state index contributed by atoms with van der Waals surface area (Å²) in [5.74, 6) is 0. The molecule has 0 aliphatic heterocycles. The van der Waals surface area contributed by atoms with Crippen molar-refractivity contribution in [1.29, 1.82) is 0 Å². The number of nitrogens with one attached hydrogen (secondary N) is 2. The first-order valence-corrected chi connectivity index (χ1v) is 8.48. The third-order valence-corrected chi connectivity index (χ3v) is 5.37. The zero-order valence-electron chi connectivity index (χ0n) is 9.73. The SMILES string of the molecule is O=S(=O)(NCCc1cnc[nH]1)c1cc(Br)ccc1Br. The maximum absolute atomic E-state index is 12.1. The number of H-pyrrole nitrogens is 1. The van der Waals surface area contributed by atoms with E-state index in [0.717, 1.165) is 5.69 Å². The lowest BCUT2D eigenvalue weighted by atomic mass is 10.3. The van der Waals surface area contributed by atoms with Crippen molar-refractivity contribution < 1.29 is 8.42 Å². The molecule has 1 heterocycles. The van der Waals surface area contributed by atoms with Gasteiger partial charge in [0.2, 0.25) is 10.0 Å². The summed E-state index contributed by atoms with van der Waals surface area (Å²) in [6.07, 6.45) is 3.79. The number of aromatic nitrogens is 2. The summed E-state index contributed by atoms with van der Waals surface area (Å²) in [5, 5.41) is 0. The minimum Gasteiger partial charge on any atom is -0.348 e. The van der Waals surface area contributed by atoms with Crippen molar-refractivity contribution in [2.75, 3.05) is 6.54 Å². The minimum atomic E-state index is -3.53. The van der Waals surface area contributed by atoms with Crippen LogP contribution in [0, 0.1) is 0 Å². The zero-order chi connectivity index (χ0) is 13.9. The van der Waals surface area contributed by atoms with Crippen LogP contribution in [0.5, 0.6) is 0 Å². The van der Waals surface area contributed by atoms with E-state index in [1.54, 1.807) is 30.7 Å². The number of rotatable bonds is 5. The molecule has 0 spiro atoms. The standard InChI is InChI=1S/C11H11Br2N3O2S/c12-8-1-2-10(13)11(5-8)19(17,18)16-4-3-9-6-14-7-15-9/h1-2,5-7,16H,3-4H2,(H,14,15). The van der Waals surface area contributed by atoms with Crippen molar-refractivity contribution in [2.24, 2.45) is 0 Å². The maximum atomic E-state index is 12.1. The Morgan fingerprint density at radius 2 is 2.11 bits per heavy atom. The van der Waals surface area contributed by atoms with Gasteiger partial charge in [0.15, 0.2) is 0 Å². The van der Waals surface area contributed by atoms with Crippen molar-refractivity contribution >= 4 is 41.9 Å². The molecule has 2 aromatic rings. The van der Waals surface area contributed by atoms with Gasteiger partial charge in [0.25, 0.3) is 0 Å². The number of halogens is 2. The second-order valence-corrected chi connectivity index (χ2v) is 7.30. The lowest BCUT2D eigenvalue weighted by molar-refractivity contribution is 0.581. The molecule has 0 aliphatic carbocycles. The van der Waals surface area contributed by atoms with Crippen molar-refractivity contribution in [3.05, 3.63) is 45.4 Å². The van der Waals surface area contributed by atoms with Crippen LogP contribution in [0.1, 0.15) is 5.69 Å². The molecule has 0 amide bonds. The summed E-state index contributed by atoms with van der Waals surface area (Å²) in [6, 6.07) is 5.02. The molecule has 2 N–H and O–H groups in total. The van der Waals surface area contributed by atoms with Crippen molar-refractivity contribution in [3.63, 3.8) is 0 Å². The fourth-order valence-electron chi connectivity index (χ4n) is 1.50. The molecule has 1 aromatic carbocycles. The second-order valence-electron chi connectivity index (χ2n) is 3.80. The fourth-order valence-corrected chi connectivity index (χ4v) is 4.03. The van der Waals surface area contributed by atoms with Crippen LogP contribution in [-0.2, 0) is 16.4 Å². The molecular weight excluding hydrogens is 398 g/mol. The Labute approximate surface area is 128 Å². The molecule has 8 heteroatoms. The van der Waals surface area contributed by atoms with Crippen molar-refractivity contribution in [3.8, 4) is 0 Å². The van der Waals surface area contributed by atoms with Gasteiger partial charge in [-0.1, -0.05) is 15.9 Å². The Balaban J connectivity index is 2.07. The van der Waals surface area contributed by atoms with Crippen LogP contribution in [0.3, 0.4) is 0 Å². The number of benzene rings is 1. The van der Waals surface area contributed by atoms with E-state index in [9.17, 15) is 8.42 Å². The van der Waals surface area contributed by atoms with E-state index in [1.807, 2.05) is 0 Å². The van der Waals surface area contributed by atoms with Crippen LogP contribution >= 0.6 is 31.9 Å².